The Morgan fingerprint density at radius 3 is 2.42 bits per heavy atom. The summed E-state index contributed by atoms with van der Waals surface area (Å²) in [5.41, 5.74) is 9.18. The van der Waals surface area contributed by atoms with Crippen LogP contribution in [0.15, 0.2) is 40.4 Å². The molecule has 2 heterocycles. The van der Waals surface area contributed by atoms with Gasteiger partial charge in [-0.15, -0.1) is 0 Å². The molecule has 0 radical (unpaired) electrons. The van der Waals surface area contributed by atoms with E-state index >= 15 is 0 Å². The van der Waals surface area contributed by atoms with Crippen LogP contribution in [0.1, 0.15) is 69.1 Å². The van der Waals surface area contributed by atoms with Crippen molar-refractivity contribution in [3.63, 3.8) is 0 Å². The van der Waals surface area contributed by atoms with E-state index in [0.717, 1.165) is 11.1 Å². The number of pyridine rings is 1. The molecule has 1 aliphatic heterocycles. The number of carbonyl (C=O) groups excluding carboxylic acids is 2. The summed E-state index contributed by atoms with van der Waals surface area (Å²) >= 11 is 0. The summed E-state index contributed by atoms with van der Waals surface area (Å²) in [7, 11) is 1.55. The van der Waals surface area contributed by atoms with Gasteiger partial charge in [0.05, 0.1) is 26.0 Å². The van der Waals surface area contributed by atoms with Crippen molar-refractivity contribution in [3.05, 3.63) is 57.5 Å². The van der Waals surface area contributed by atoms with Gasteiger partial charge in [0.15, 0.2) is 5.43 Å². The Labute approximate surface area is 223 Å². The molecule has 0 fully saturated rings. The third kappa shape index (κ3) is 5.82. The van der Waals surface area contributed by atoms with E-state index in [1.54, 1.807) is 40.3 Å². The molecule has 0 spiro atoms. The highest BCUT2D eigenvalue weighted by atomic mass is 16.5. The molecule has 204 valence electrons. The first-order valence-corrected chi connectivity index (χ1v) is 12.7. The summed E-state index contributed by atoms with van der Waals surface area (Å²) in [5.74, 6) is -0.526. The van der Waals surface area contributed by atoms with E-state index < -0.39 is 23.4 Å². The maximum atomic E-state index is 13.0. The second-order valence-corrected chi connectivity index (χ2v) is 10.2. The van der Waals surface area contributed by atoms with E-state index in [9.17, 15) is 14.4 Å². The van der Waals surface area contributed by atoms with Gasteiger partial charge in [-0.25, -0.2) is 9.59 Å². The molecular weight excluding hydrogens is 486 g/mol. The predicted octanol–water partition coefficient (Wildman–Crippen LogP) is 4.17. The monoisotopic (exact) mass is 523 g/mol. The van der Waals surface area contributed by atoms with Crippen LogP contribution in [0.5, 0.6) is 5.75 Å². The summed E-state index contributed by atoms with van der Waals surface area (Å²) in [6, 6.07) is 4.60. The molecule has 3 rings (SSSR count). The normalized spacial score (nSPS) is 16.0. The van der Waals surface area contributed by atoms with Crippen LogP contribution in [0, 0.1) is 5.41 Å². The number of hydrogen-bond donors (Lipinski definition) is 1. The number of methoxy groups -OCH3 is 1. The molecule has 0 saturated heterocycles. The van der Waals surface area contributed by atoms with Crippen LogP contribution < -0.4 is 15.9 Å². The van der Waals surface area contributed by atoms with Crippen molar-refractivity contribution < 1.29 is 23.8 Å². The number of aliphatic imine (C=N–C) groups is 1. The van der Waals surface area contributed by atoms with Crippen molar-refractivity contribution in [1.82, 2.24) is 4.57 Å². The number of hydrogen-bond acceptors (Lipinski definition) is 8. The zero-order valence-electron chi connectivity index (χ0n) is 23.2. The van der Waals surface area contributed by atoms with Crippen LogP contribution >= 0.6 is 0 Å². The van der Waals surface area contributed by atoms with Gasteiger partial charge in [-0.3, -0.25) is 9.79 Å². The number of benzene rings is 1. The van der Waals surface area contributed by atoms with E-state index in [4.69, 9.17) is 19.9 Å². The highest BCUT2D eigenvalue weighted by Gasteiger charge is 2.34. The van der Waals surface area contributed by atoms with E-state index in [1.807, 2.05) is 16.7 Å². The smallest absolute Gasteiger partial charge is 0.343 e. The standard InChI is InChI=1S/C29H37N3O6/c1-8-37-27(34)17(3)31-15-19(14-30)21-10-18-11-26(29(4,5)6)32-16-22(28(35)38-9-2)24(33)13-23(32)20(18)12-25(21)36-7/h10,12-17,26H,8-9,11,30H2,1-7H3/b19-14+,31-15?. The van der Waals surface area contributed by atoms with E-state index in [2.05, 4.69) is 25.8 Å². The van der Waals surface area contributed by atoms with E-state index in [-0.39, 0.29) is 30.2 Å². The summed E-state index contributed by atoms with van der Waals surface area (Å²) in [4.78, 5) is 41.8. The van der Waals surface area contributed by atoms with Gasteiger partial charge < -0.3 is 24.5 Å². The molecule has 0 bridgehead atoms. The molecular formula is C29H37N3O6. The highest BCUT2D eigenvalue weighted by Crippen LogP contribution is 2.45. The largest absolute Gasteiger partial charge is 0.496 e. The number of esters is 2. The number of aromatic nitrogens is 1. The average Bonchev–Trinajstić information content (AvgIpc) is 2.87. The molecule has 0 amide bonds. The molecule has 2 atom stereocenters. The molecule has 2 aromatic rings. The number of nitrogens with zero attached hydrogens (tertiary/aromatic N) is 2. The van der Waals surface area contributed by atoms with Gasteiger partial charge in [0.2, 0.25) is 0 Å². The molecule has 2 unspecified atom stereocenters. The van der Waals surface area contributed by atoms with Crippen molar-refractivity contribution in [3.8, 4) is 17.0 Å². The van der Waals surface area contributed by atoms with Crippen LogP contribution in [0.25, 0.3) is 16.8 Å². The van der Waals surface area contributed by atoms with Crippen LogP contribution in [0.4, 0.5) is 0 Å². The lowest BCUT2D eigenvalue weighted by Gasteiger charge is -2.39. The first-order valence-electron chi connectivity index (χ1n) is 12.7. The number of rotatable bonds is 8. The van der Waals surface area contributed by atoms with Gasteiger partial charge in [0.25, 0.3) is 0 Å². The fourth-order valence-corrected chi connectivity index (χ4v) is 4.56. The fourth-order valence-electron chi connectivity index (χ4n) is 4.56. The number of ether oxygens (including phenoxy) is 3. The zero-order chi connectivity index (χ0) is 28.2. The highest BCUT2D eigenvalue weighted by molar-refractivity contribution is 6.11. The molecule has 1 aliphatic rings. The van der Waals surface area contributed by atoms with Crippen molar-refractivity contribution in [2.75, 3.05) is 20.3 Å². The quantitative estimate of drug-likeness (QED) is 0.407. The van der Waals surface area contributed by atoms with Gasteiger partial charge in [-0.05, 0) is 50.3 Å². The number of carbonyl (C=O) groups is 2. The number of nitrogens with two attached hydrogens (primary N) is 1. The maximum absolute atomic E-state index is 13.0. The van der Waals surface area contributed by atoms with Gasteiger partial charge in [-0.1, -0.05) is 20.8 Å². The van der Waals surface area contributed by atoms with Crippen molar-refractivity contribution in [1.29, 1.82) is 0 Å². The van der Waals surface area contributed by atoms with E-state index in [1.165, 1.54) is 12.3 Å². The van der Waals surface area contributed by atoms with Crippen LogP contribution in [-0.2, 0) is 20.7 Å². The van der Waals surface area contributed by atoms with Crippen LogP contribution in [0.2, 0.25) is 0 Å². The lowest BCUT2D eigenvalue weighted by molar-refractivity contribution is -0.144. The Balaban J connectivity index is 2.17. The lowest BCUT2D eigenvalue weighted by Crippen LogP contribution is -2.33. The number of fused-ring (bicyclic) bond motifs is 3. The Bertz CT molecular complexity index is 1330. The Hall–Kier alpha value is -3.88. The minimum atomic E-state index is -0.689. The Morgan fingerprint density at radius 2 is 1.84 bits per heavy atom. The summed E-state index contributed by atoms with van der Waals surface area (Å²) < 4.78 is 17.9. The first-order chi connectivity index (χ1) is 18.0. The summed E-state index contributed by atoms with van der Waals surface area (Å²) in [6.07, 6.45) is 5.21. The topological polar surface area (TPSA) is 122 Å². The average molecular weight is 524 g/mol. The van der Waals surface area contributed by atoms with Crippen LogP contribution in [-0.4, -0.2) is 49.1 Å². The molecule has 1 aromatic heterocycles. The number of allylic oxidation sites excluding steroid dienone is 1. The summed E-state index contributed by atoms with van der Waals surface area (Å²) in [6.45, 7) is 11.9. The third-order valence-corrected chi connectivity index (χ3v) is 6.58. The molecule has 9 heteroatoms. The predicted molar refractivity (Wildman–Crippen MR) is 148 cm³/mol. The third-order valence-electron chi connectivity index (χ3n) is 6.58. The first kappa shape index (κ1) is 28.7. The lowest BCUT2D eigenvalue weighted by atomic mass is 9.78. The minimum Gasteiger partial charge on any atom is -0.496 e. The molecule has 0 saturated carbocycles. The Morgan fingerprint density at radius 1 is 1.16 bits per heavy atom. The second-order valence-electron chi connectivity index (χ2n) is 10.2. The van der Waals surface area contributed by atoms with Gasteiger partial charge in [0, 0.05) is 47.4 Å². The fraction of sp³-hybridized carbons (Fsp3) is 0.448. The van der Waals surface area contributed by atoms with Crippen molar-refractivity contribution in [2.24, 2.45) is 16.1 Å². The SMILES string of the molecule is CCOC(=O)c1cn2c(cc1=O)-c1cc(OC)c(/C(C=NC(C)C(=O)OCC)=C/N)cc1CC2C(C)(C)C. The van der Waals surface area contributed by atoms with Gasteiger partial charge in [-0.2, -0.15) is 0 Å². The van der Waals surface area contributed by atoms with Crippen molar-refractivity contribution in [2.45, 2.75) is 60.0 Å². The van der Waals surface area contributed by atoms with Gasteiger partial charge >= 0.3 is 11.9 Å². The molecule has 1 aromatic carbocycles. The molecule has 9 nitrogen and oxygen atoms in total. The Kier molecular flexibility index (Phi) is 8.81. The molecule has 2 N–H and O–H groups in total. The maximum Gasteiger partial charge on any atom is 0.343 e. The molecule has 38 heavy (non-hydrogen) atoms. The summed E-state index contributed by atoms with van der Waals surface area (Å²) in [5, 5.41) is 0. The minimum absolute atomic E-state index is 0.0113. The van der Waals surface area contributed by atoms with E-state index in [0.29, 0.717) is 29.0 Å². The molecule has 0 aliphatic carbocycles. The zero-order valence-corrected chi connectivity index (χ0v) is 23.2. The van der Waals surface area contributed by atoms with Crippen LogP contribution in [0.3, 0.4) is 0 Å². The second kappa shape index (κ2) is 11.7. The van der Waals surface area contributed by atoms with Gasteiger partial charge in [0.1, 0.15) is 17.4 Å². The van der Waals surface area contributed by atoms with Crippen molar-refractivity contribution >= 4 is 23.7 Å².